The van der Waals surface area contributed by atoms with Crippen LogP contribution < -0.4 is 0 Å². The molecule has 0 aromatic carbocycles. The van der Waals surface area contributed by atoms with E-state index in [-0.39, 0.29) is 21.1 Å². The molecule has 0 aliphatic heterocycles. The van der Waals surface area contributed by atoms with Crippen molar-refractivity contribution in [1.82, 2.24) is 0 Å². The van der Waals surface area contributed by atoms with Crippen LogP contribution in [0.4, 0.5) is 0 Å². The molecule has 0 heterocycles. The first-order valence-corrected chi connectivity index (χ1v) is 2.36. The predicted molar refractivity (Wildman–Crippen MR) is 29.4 cm³/mol. The van der Waals surface area contributed by atoms with Gasteiger partial charge in [0, 0.05) is 21.1 Å². The third-order valence-electron chi connectivity index (χ3n) is 0.569. The fourth-order valence-electron chi connectivity index (χ4n) is 0.285. The van der Waals surface area contributed by atoms with Crippen molar-refractivity contribution in [1.29, 1.82) is 0 Å². The van der Waals surface area contributed by atoms with E-state index in [0.29, 0.717) is 0 Å². The number of hydrogen-bond acceptors (Lipinski definition) is 0. The van der Waals surface area contributed by atoms with Crippen molar-refractivity contribution in [3.8, 4) is 0 Å². The zero-order chi connectivity index (χ0) is 4.83. The Morgan fingerprint density at radius 2 is 2.00 bits per heavy atom. The fraction of sp³-hybridized carbons (Fsp3) is 0.500. The van der Waals surface area contributed by atoms with Crippen molar-refractivity contribution in [3.63, 3.8) is 0 Å². The standard InChI is InChI=1S/C6H11.W/c1-3-5-6-4-2;/h5-6H,1,3-4H2,2H3;/q-1;/b6-5+;. The average Bonchev–Trinajstić information content (AvgIpc) is 1.61. The second-order valence-electron chi connectivity index (χ2n) is 1.17. The summed E-state index contributed by atoms with van der Waals surface area (Å²) >= 11 is 0. The van der Waals surface area contributed by atoms with Crippen molar-refractivity contribution in [3.05, 3.63) is 19.1 Å². The molecular formula is C6H11W-. The zero-order valence-electron chi connectivity index (χ0n) is 4.68. The summed E-state index contributed by atoms with van der Waals surface area (Å²) in [7, 11) is 0. The monoisotopic (exact) mass is 267 g/mol. The maximum atomic E-state index is 3.64. The quantitative estimate of drug-likeness (QED) is 0.531. The van der Waals surface area contributed by atoms with Crippen LogP contribution in [0.1, 0.15) is 19.8 Å². The second kappa shape index (κ2) is 9.66. The summed E-state index contributed by atoms with van der Waals surface area (Å²) in [6, 6.07) is 0. The molecule has 0 spiro atoms. The van der Waals surface area contributed by atoms with Crippen molar-refractivity contribution >= 4 is 0 Å². The summed E-state index contributed by atoms with van der Waals surface area (Å²) in [4.78, 5) is 0. The van der Waals surface area contributed by atoms with Crippen LogP contribution in [0, 0.1) is 6.92 Å². The molecule has 0 nitrogen and oxygen atoms in total. The molecule has 7 heavy (non-hydrogen) atoms. The molecule has 0 amide bonds. The van der Waals surface area contributed by atoms with E-state index in [1.807, 2.05) is 0 Å². The maximum Gasteiger partial charge on any atom is 0 e. The van der Waals surface area contributed by atoms with Gasteiger partial charge in [-0.25, -0.2) is 0 Å². The molecule has 0 N–H and O–H groups in total. The minimum Gasteiger partial charge on any atom is -0.340 e. The average molecular weight is 267 g/mol. The number of rotatable bonds is 2. The molecule has 0 bridgehead atoms. The first-order valence-electron chi connectivity index (χ1n) is 2.36. The normalized spacial score (nSPS) is 8.86. The minimum absolute atomic E-state index is 0. The fourth-order valence-corrected chi connectivity index (χ4v) is 0.285. The summed E-state index contributed by atoms with van der Waals surface area (Å²) in [6.07, 6.45) is 6.25. The molecule has 0 saturated carbocycles. The Labute approximate surface area is 60.3 Å². The molecule has 0 saturated heterocycles. The number of allylic oxidation sites excluding steroid dienone is 2. The zero-order valence-corrected chi connectivity index (χ0v) is 7.62. The van der Waals surface area contributed by atoms with Crippen LogP contribution in [0.15, 0.2) is 12.2 Å². The third-order valence-corrected chi connectivity index (χ3v) is 0.569. The van der Waals surface area contributed by atoms with E-state index in [0.717, 1.165) is 12.8 Å². The first-order chi connectivity index (χ1) is 2.91. The maximum absolute atomic E-state index is 3.64. The first kappa shape index (κ1) is 10.4. The van der Waals surface area contributed by atoms with Crippen molar-refractivity contribution < 1.29 is 21.1 Å². The molecule has 0 aromatic heterocycles. The molecule has 0 fully saturated rings. The Hall–Kier alpha value is 0.428. The Bertz CT molecular complexity index is 33.4. The predicted octanol–water partition coefficient (Wildman–Crippen LogP) is 2.17. The van der Waals surface area contributed by atoms with Gasteiger partial charge in [-0.1, -0.05) is 13.0 Å². The van der Waals surface area contributed by atoms with Crippen LogP contribution in [0.25, 0.3) is 0 Å². The van der Waals surface area contributed by atoms with E-state index in [9.17, 15) is 0 Å². The summed E-state index contributed by atoms with van der Waals surface area (Å²) in [5, 5.41) is 0. The SMILES string of the molecule is [CH2-]C/C=C/CC.[W]. The van der Waals surface area contributed by atoms with E-state index >= 15 is 0 Å². The largest absolute Gasteiger partial charge is 0.340 e. The van der Waals surface area contributed by atoms with E-state index in [1.54, 1.807) is 0 Å². The van der Waals surface area contributed by atoms with Gasteiger partial charge in [0.15, 0.2) is 0 Å². The van der Waals surface area contributed by atoms with Gasteiger partial charge in [0.05, 0.1) is 0 Å². The molecule has 0 aliphatic carbocycles. The van der Waals surface area contributed by atoms with Crippen LogP contribution in [0.2, 0.25) is 0 Å². The van der Waals surface area contributed by atoms with E-state index < -0.39 is 0 Å². The van der Waals surface area contributed by atoms with Crippen LogP contribution in [-0.2, 0) is 21.1 Å². The molecule has 0 atom stereocenters. The van der Waals surface area contributed by atoms with Crippen molar-refractivity contribution in [2.45, 2.75) is 19.8 Å². The molecule has 0 aliphatic rings. The van der Waals surface area contributed by atoms with Crippen LogP contribution in [0.3, 0.4) is 0 Å². The summed E-state index contributed by atoms with van der Waals surface area (Å²) < 4.78 is 0. The summed E-state index contributed by atoms with van der Waals surface area (Å²) in [5.41, 5.74) is 0. The van der Waals surface area contributed by atoms with Crippen LogP contribution >= 0.6 is 0 Å². The molecule has 0 unspecified atom stereocenters. The van der Waals surface area contributed by atoms with Crippen LogP contribution in [-0.4, -0.2) is 0 Å². The topological polar surface area (TPSA) is 0 Å². The molecule has 0 radical (unpaired) electrons. The van der Waals surface area contributed by atoms with Gasteiger partial charge in [-0.15, -0.1) is 6.08 Å². The molecule has 0 rings (SSSR count). The molecule has 42 valence electrons. The number of hydrogen-bond donors (Lipinski definition) is 0. The summed E-state index contributed by atoms with van der Waals surface area (Å²) in [5.74, 6) is 0. The second-order valence-corrected chi connectivity index (χ2v) is 1.17. The minimum atomic E-state index is 0. The van der Waals surface area contributed by atoms with Crippen molar-refractivity contribution in [2.24, 2.45) is 0 Å². The molecule has 0 aromatic rings. The van der Waals surface area contributed by atoms with E-state index in [2.05, 4.69) is 26.0 Å². The third kappa shape index (κ3) is 10.7. The Balaban J connectivity index is 0. The van der Waals surface area contributed by atoms with Gasteiger partial charge >= 0.3 is 0 Å². The summed E-state index contributed by atoms with van der Waals surface area (Å²) in [6.45, 7) is 5.75. The van der Waals surface area contributed by atoms with Gasteiger partial charge in [-0.3, -0.25) is 0 Å². The van der Waals surface area contributed by atoms with Gasteiger partial charge in [0.25, 0.3) is 0 Å². The Morgan fingerprint density at radius 1 is 1.43 bits per heavy atom. The van der Waals surface area contributed by atoms with Gasteiger partial charge in [0.2, 0.25) is 0 Å². The van der Waals surface area contributed by atoms with Gasteiger partial charge in [0.1, 0.15) is 0 Å². The Morgan fingerprint density at radius 3 is 2.14 bits per heavy atom. The van der Waals surface area contributed by atoms with Gasteiger partial charge in [-0.05, 0) is 6.42 Å². The van der Waals surface area contributed by atoms with Crippen LogP contribution in [0.5, 0.6) is 0 Å². The molecular weight excluding hydrogens is 256 g/mol. The van der Waals surface area contributed by atoms with Crippen molar-refractivity contribution in [2.75, 3.05) is 0 Å². The van der Waals surface area contributed by atoms with Gasteiger partial charge < -0.3 is 6.92 Å². The van der Waals surface area contributed by atoms with E-state index in [4.69, 9.17) is 0 Å². The molecule has 1 heteroatoms. The van der Waals surface area contributed by atoms with E-state index in [1.165, 1.54) is 0 Å². The van der Waals surface area contributed by atoms with Gasteiger partial charge in [-0.2, -0.15) is 6.42 Å². The smallest absolute Gasteiger partial charge is 0 e. The Kier molecular flexibility index (Phi) is 14.4.